The molecular formula is C10H14N2O5S. The first-order chi connectivity index (χ1) is 8.49. The summed E-state index contributed by atoms with van der Waals surface area (Å²) >= 11 is 1.18. The van der Waals surface area contributed by atoms with Gasteiger partial charge in [0.25, 0.3) is 6.10 Å². The van der Waals surface area contributed by atoms with Gasteiger partial charge in [0.2, 0.25) is 5.88 Å². The van der Waals surface area contributed by atoms with Crippen LogP contribution in [-0.2, 0) is 20.7 Å². The summed E-state index contributed by atoms with van der Waals surface area (Å²) in [7, 11) is 0. The average Bonchev–Trinajstić information content (AvgIpc) is 2.68. The van der Waals surface area contributed by atoms with E-state index in [0.29, 0.717) is 11.3 Å². The molecule has 1 aromatic rings. The van der Waals surface area contributed by atoms with Gasteiger partial charge in [-0.05, 0) is 13.3 Å². The molecule has 1 heterocycles. The summed E-state index contributed by atoms with van der Waals surface area (Å²) in [5.41, 5.74) is 5.48. The maximum atomic E-state index is 11.5. The Bertz CT molecular complexity index is 445. The molecule has 0 aliphatic heterocycles. The number of hydrogen-bond donors (Lipinski definition) is 2. The minimum atomic E-state index is -1.97. The van der Waals surface area contributed by atoms with Crippen LogP contribution in [-0.4, -0.2) is 34.7 Å². The predicted molar refractivity (Wildman–Crippen MR) is 64.2 cm³/mol. The van der Waals surface area contributed by atoms with Crippen LogP contribution in [0.3, 0.4) is 0 Å². The van der Waals surface area contributed by atoms with E-state index in [-0.39, 0.29) is 17.6 Å². The zero-order chi connectivity index (χ0) is 13.7. The molecule has 8 heteroatoms. The Kier molecular flexibility index (Phi) is 5.05. The molecule has 0 radical (unpaired) electrons. The molecule has 1 rings (SSSR count). The Balaban J connectivity index is 2.71. The minimum Gasteiger partial charge on any atom is -0.464 e. The van der Waals surface area contributed by atoms with Gasteiger partial charge in [-0.25, -0.2) is 9.59 Å². The van der Waals surface area contributed by atoms with Crippen LogP contribution in [0.15, 0.2) is 0 Å². The van der Waals surface area contributed by atoms with E-state index in [9.17, 15) is 14.7 Å². The summed E-state index contributed by atoms with van der Waals surface area (Å²) in [5.74, 6) is -2.16. The van der Waals surface area contributed by atoms with Crippen LogP contribution in [0.2, 0.25) is 0 Å². The number of aliphatic hydroxyl groups excluding tert-OH is 1. The van der Waals surface area contributed by atoms with Crippen molar-refractivity contribution in [3.8, 4) is 5.88 Å². The van der Waals surface area contributed by atoms with Crippen molar-refractivity contribution in [3.63, 3.8) is 0 Å². The molecule has 7 nitrogen and oxygen atoms in total. The average molecular weight is 274 g/mol. The number of ether oxygens (including phenoxy) is 2. The molecule has 0 aliphatic rings. The lowest BCUT2D eigenvalue weighted by molar-refractivity contribution is -0.163. The topological polar surface area (TPSA) is 112 Å². The van der Waals surface area contributed by atoms with E-state index in [1.54, 1.807) is 6.92 Å². The summed E-state index contributed by atoms with van der Waals surface area (Å²) < 4.78 is 9.31. The second-order valence-electron chi connectivity index (χ2n) is 3.21. The highest BCUT2D eigenvalue weighted by Crippen LogP contribution is 2.27. The molecule has 0 fully saturated rings. The first kappa shape index (κ1) is 14.4. The number of esters is 2. The maximum Gasteiger partial charge on any atom is 0.353 e. The van der Waals surface area contributed by atoms with Crippen LogP contribution in [0.5, 0.6) is 5.88 Å². The predicted octanol–water partition coefficient (Wildman–Crippen LogP) is 0.117. The van der Waals surface area contributed by atoms with E-state index in [0.717, 1.165) is 0 Å². The lowest BCUT2D eigenvalue weighted by atomic mass is 10.3. The summed E-state index contributed by atoms with van der Waals surface area (Å²) in [6.07, 6.45) is -1.40. The van der Waals surface area contributed by atoms with Crippen molar-refractivity contribution < 1.29 is 24.2 Å². The number of nitrogen functional groups attached to an aromatic ring is 1. The van der Waals surface area contributed by atoms with Gasteiger partial charge in [0, 0.05) is 0 Å². The van der Waals surface area contributed by atoms with Crippen molar-refractivity contribution in [1.29, 1.82) is 0 Å². The van der Waals surface area contributed by atoms with Crippen molar-refractivity contribution >= 4 is 28.4 Å². The Morgan fingerprint density at radius 1 is 1.44 bits per heavy atom. The molecule has 1 atom stereocenters. The summed E-state index contributed by atoms with van der Waals surface area (Å²) in [5, 5.41) is 9.59. The fourth-order valence-electron chi connectivity index (χ4n) is 1.13. The number of thiazole rings is 1. The number of nitrogens with two attached hydrogens (primary N) is 1. The largest absolute Gasteiger partial charge is 0.464 e. The van der Waals surface area contributed by atoms with Gasteiger partial charge in [-0.15, -0.1) is 0 Å². The van der Waals surface area contributed by atoms with Gasteiger partial charge in [0.1, 0.15) is 0 Å². The summed E-state index contributed by atoms with van der Waals surface area (Å²) in [4.78, 5) is 27.0. The first-order valence-electron chi connectivity index (χ1n) is 5.31. The van der Waals surface area contributed by atoms with Crippen molar-refractivity contribution in [2.75, 3.05) is 12.3 Å². The lowest BCUT2D eigenvalue weighted by Crippen LogP contribution is -2.35. The van der Waals surface area contributed by atoms with E-state index in [2.05, 4.69) is 9.72 Å². The molecule has 1 aromatic heterocycles. The van der Waals surface area contributed by atoms with Gasteiger partial charge >= 0.3 is 11.9 Å². The van der Waals surface area contributed by atoms with Crippen molar-refractivity contribution in [2.24, 2.45) is 0 Å². The van der Waals surface area contributed by atoms with Crippen molar-refractivity contribution in [3.05, 3.63) is 4.88 Å². The number of anilines is 1. The number of rotatable bonds is 5. The number of carbonyl (C=O) groups is 2. The maximum absolute atomic E-state index is 11.5. The number of nitrogens with zero attached hydrogens (tertiary/aromatic N) is 1. The third-order valence-corrected chi connectivity index (χ3v) is 2.94. The Labute approximate surface area is 108 Å². The standard InChI is InChI=1S/C10H14N2O5S/c1-3-5-7(12-10(11)18-5)17-9(15)6(13)8(14)16-4-2/h6,13H,3-4H2,1-2H3,(H2,11,12). The van der Waals surface area contributed by atoms with Crippen LogP contribution in [0.25, 0.3) is 0 Å². The van der Waals surface area contributed by atoms with E-state index in [1.165, 1.54) is 11.3 Å². The smallest absolute Gasteiger partial charge is 0.353 e. The monoisotopic (exact) mass is 274 g/mol. The number of carbonyl (C=O) groups excluding carboxylic acids is 2. The van der Waals surface area contributed by atoms with E-state index < -0.39 is 18.0 Å². The summed E-state index contributed by atoms with van der Waals surface area (Å²) in [6, 6.07) is 0. The van der Waals surface area contributed by atoms with E-state index in [4.69, 9.17) is 10.5 Å². The molecule has 0 saturated heterocycles. The highest BCUT2D eigenvalue weighted by atomic mass is 32.1. The zero-order valence-corrected chi connectivity index (χ0v) is 10.8. The van der Waals surface area contributed by atoms with E-state index >= 15 is 0 Å². The van der Waals surface area contributed by atoms with Gasteiger partial charge in [0.15, 0.2) is 5.13 Å². The zero-order valence-electron chi connectivity index (χ0n) is 10.0. The van der Waals surface area contributed by atoms with Gasteiger partial charge < -0.3 is 20.3 Å². The molecule has 100 valence electrons. The highest BCUT2D eigenvalue weighted by molar-refractivity contribution is 7.15. The van der Waals surface area contributed by atoms with Gasteiger partial charge in [0.05, 0.1) is 11.5 Å². The molecule has 0 saturated carbocycles. The third kappa shape index (κ3) is 3.41. The normalized spacial score (nSPS) is 11.9. The number of aromatic nitrogens is 1. The van der Waals surface area contributed by atoms with Crippen LogP contribution in [0.4, 0.5) is 5.13 Å². The van der Waals surface area contributed by atoms with Crippen LogP contribution >= 0.6 is 11.3 Å². The molecule has 0 aromatic carbocycles. The number of aliphatic hydroxyl groups is 1. The Morgan fingerprint density at radius 3 is 2.67 bits per heavy atom. The second kappa shape index (κ2) is 6.31. The quantitative estimate of drug-likeness (QED) is 0.579. The van der Waals surface area contributed by atoms with Gasteiger partial charge in [-0.3, -0.25) is 0 Å². The lowest BCUT2D eigenvalue weighted by Gasteiger charge is -2.08. The molecule has 18 heavy (non-hydrogen) atoms. The molecule has 0 aliphatic carbocycles. The first-order valence-corrected chi connectivity index (χ1v) is 6.12. The fraction of sp³-hybridized carbons (Fsp3) is 0.500. The fourth-order valence-corrected chi connectivity index (χ4v) is 1.83. The highest BCUT2D eigenvalue weighted by Gasteiger charge is 2.28. The molecular weight excluding hydrogens is 260 g/mol. The summed E-state index contributed by atoms with van der Waals surface area (Å²) in [6.45, 7) is 3.46. The third-order valence-electron chi connectivity index (χ3n) is 1.93. The van der Waals surface area contributed by atoms with E-state index in [1.807, 2.05) is 6.92 Å². The second-order valence-corrected chi connectivity index (χ2v) is 4.32. The van der Waals surface area contributed by atoms with Crippen LogP contribution in [0.1, 0.15) is 18.7 Å². The molecule has 3 N–H and O–H groups in total. The SMILES string of the molecule is CCOC(=O)C(O)C(=O)Oc1nc(N)sc1CC. The van der Waals surface area contributed by atoms with Crippen molar-refractivity contribution in [2.45, 2.75) is 26.4 Å². The van der Waals surface area contributed by atoms with Crippen LogP contribution < -0.4 is 10.5 Å². The molecule has 0 spiro atoms. The molecule has 0 bridgehead atoms. The number of aryl methyl sites for hydroxylation is 1. The number of hydrogen-bond acceptors (Lipinski definition) is 8. The minimum absolute atomic E-state index is 0.0216. The van der Waals surface area contributed by atoms with Gasteiger partial charge in [-0.2, -0.15) is 4.98 Å². The molecule has 1 unspecified atom stereocenters. The molecule has 0 amide bonds. The Morgan fingerprint density at radius 2 is 2.11 bits per heavy atom. The van der Waals surface area contributed by atoms with Crippen molar-refractivity contribution in [1.82, 2.24) is 4.98 Å². The van der Waals surface area contributed by atoms with Gasteiger partial charge in [-0.1, -0.05) is 18.3 Å². The van der Waals surface area contributed by atoms with Crippen LogP contribution in [0, 0.1) is 0 Å². The Hall–Kier alpha value is -1.67.